The highest BCUT2D eigenvalue weighted by molar-refractivity contribution is 7.17. The largest absolute Gasteiger partial charge is 0.462 e. The zero-order chi connectivity index (χ0) is 19.6. The molecular weight excluding hydrogens is 368 g/mol. The number of fused-ring (bicyclic) bond motifs is 1. The fourth-order valence-electron chi connectivity index (χ4n) is 3.17. The summed E-state index contributed by atoms with van der Waals surface area (Å²) in [7, 11) is 0. The van der Waals surface area contributed by atoms with Crippen LogP contribution < -0.4 is 5.32 Å². The summed E-state index contributed by atoms with van der Waals surface area (Å²) in [6.45, 7) is 4.17. The van der Waals surface area contributed by atoms with E-state index < -0.39 is 16.8 Å². The SMILES string of the molecule is CCOC(=O)c1c(NC(=O)c2ccc([N+](=O)[O-])cc2)sc2c1CC[C@H](C)C2. The second kappa shape index (κ2) is 7.87. The molecule has 1 heterocycles. The molecule has 1 N–H and O–H groups in total. The average molecular weight is 388 g/mol. The number of nitrogens with zero attached hydrogens (tertiary/aromatic N) is 1. The van der Waals surface area contributed by atoms with Gasteiger partial charge in [0.25, 0.3) is 11.6 Å². The summed E-state index contributed by atoms with van der Waals surface area (Å²) in [5, 5.41) is 14.0. The van der Waals surface area contributed by atoms with Crippen LogP contribution in [0.25, 0.3) is 0 Å². The molecule has 1 aliphatic rings. The van der Waals surface area contributed by atoms with Gasteiger partial charge in [-0.05, 0) is 49.8 Å². The quantitative estimate of drug-likeness (QED) is 0.470. The Balaban J connectivity index is 1.90. The van der Waals surface area contributed by atoms with Gasteiger partial charge in [-0.15, -0.1) is 11.3 Å². The third kappa shape index (κ3) is 4.00. The summed E-state index contributed by atoms with van der Waals surface area (Å²) in [5.74, 6) is -0.310. The molecule has 1 amide bonds. The van der Waals surface area contributed by atoms with E-state index >= 15 is 0 Å². The van der Waals surface area contributed by atoms with Crippen molar-refractivity contribution in [1.29, 1.82) is 0 Å². The van der Waals surface area contributed by atoms with Crippen LogP contribution in [0, 0.1) is 16.0 Å². The van der Waals surface area contributed by atoms with E-state index in [9.17, 15) is 19.7 Å². The number of hydrogen-bond donors (Lipinski definition) is 1. The topological polar surface area (TPSA) is 98.5 Å². The van der Waals surface area contributed by atoms with E-state index in [0.29, 0.717) is 16.5 Å². The van der Waals surface area contributed by atoms with E-state index in [1.165, 1.54) is 35.6 Å². The normalized spacial score (nSPS) is 15.7. The predicted octanol–water partition coefficient (Wildman–Crippen LogP) is 4.21. The molecule has 1 aromatic carbocycles. The lowest BCUT2D eigenvalue weighted by molar-refractivity contribution is -0.384. The minimum Gasteiger partial charge on any atom is -0.462 e. The molecule has 0 unspecified atom stereocenters. The van der Waals surface area contributed by atoms with E-state index in [2.05, 4.69) is 12.2 Å². The van der Waals surface area contributed by atoms with Crippen molar-refractivity contribution < 1.29 is 19.2 Å². The highest BCUT2D eigenvalue weighted by atomic mass is 32.1. The number of thiophene rings is 1. The predicted molar refractivity (Wildman–Crippen MR) is 103 cm³/mol. The van der Waals surface area contributed by atoms with Crippen LogP contribution in [0.1, 0.15) is 51.4 Å². The smallest absolute Gasteiger partial charge is 0.341 e. The second-order valence-electron chi connectivity index (χ2n) is 6.53. The molecule has 0 fully saturated rings. The van der Waals surface area contributed by atoms with Gasteiger partial charge in [-0.3, -0.25) is 14.9 Å². The molecular formula is C19H20N2O5S. The van der Waals surface area contributed by atoms with Crippen LogP contribution in [0.3, 0.4) is 0 Å². The van der Waals surface area contributed by atoms with Crippen LogP contribution in [-0.4, -0.2) is 23.4 Å². The first kappa shape index (κ1) is 19.0. The van der Waals surface area contributed by atoms with Crippen molar-refractivity contribution in [2.24, 2.45) is 5.92 Å². The molecule has 142 valence electrons. The number of carbonyl (C=O) groups excluding carboxylic acids is 2. The zero-order valence-corrected chi connectivity index (χ0v) is 15.9. The van der Waals surface area contributed by atoms with E-state index in [0.717, 1.165) is 29.7 Å². The van der Waals surface area contributed by atoms with E-state index in [1.807, 2.05) is 0 Å². The molecule has 1 aromatic heterocycles. The lowest BCUT2D eigenvalue weighted by Crippen LogP contribution is -2.16. The molecule has 0 saturated carbocycles. The van der Waals surface area contributed by atoms with Gasteiger partial charge in [-0.25, -0.2) is 4.79 Å². The van der Waals surface area contributed by atoms with Crippen LogP contribution in [-0.2, 0) is 17.6 Å². The van der Waals surface area contributed by atoms with Crippen LogP contribution in [0.5, 0.6) is 0 Å². The van der Waals surface area contributed by atoms with Gasteiger partial charge in [0.2, 0.25) is 0 Å². The molecule has 1 aliphatic carbocycles. The number of non-ortho nitro benzene ring substituents is 1. The third-order valence-electron chi connectivity index (χ3n) is 4.56. The Morgan fingerprint density at radius 2 is 2.04 bits per heavy atom. The number of ether oxygens (including phenoxy) is 1. The van der Waals surface area contributed by atoms with Crippen molar-refractivity contribution in [3.8, 4) is 0 Å². The summed E-state index contributed by atoms with van der Waals surface area (Å²) < 4.78 is 5.19. The first-order valence-electron chi connectivity index (χ1n) is 8.78. The number of esters is 1. The summed E-state index contributed by atoms with van der Waals surface area (Å²) in [4.78, 5) is 36.4. The number of amides is 1. The Hall–Kier alpha value is -2.74. The number of benzene rings is 1. The molecule has 0 spiro atoms. The number of nitrogens with one attached hydrogen (secondary N) is 1. The standard InChI is InChI=1S/C19H20N2O5S/c1-3-26-19(23)16-14-9-4-11(2)10-15(14)27-18(16)20-17(22)12-5-7-13(8-6-12)21(24)25/h5-8,11H,3-4,9-10H2,1-2H3,(H,20,22)/t11-/m0/s1. The van der Waals surface area contributed by atoms with Gasteiger partial charge in [0, 0.05) is 22.6 Å². The zero-order valence-electron chi connectivity index (χ0n) is 15.1. The molecule has 1 atom stereocenters. The highest BCUT2D eigenvalue weighted by Gasteiger charge is 2.29. The van der Waals surface area contributed by atoms with Crippen molar-refractivity contribution >= 4 is 33.9 Å². The number of anilines is 1. The monoisotopic (exact) mass is 388 g/mol. The van der Waals surface area contributed by atoms with Crippen molar-refractivity contribution in [2.75, 3.05) is 11.9 Å². The molecule has 0 aliphatic heterocycles. The molecule has 3 rings (SSSR count). The molecule has 0 saturated heterocycles. The highest BCUT2D eigenvalue weighted by Crippen LogP contribution is 2.40. The first-order valence-corrected chi connectivity index (χ1v) is 9.59. The first-order chi connectivity index (χ1) is 12.9. The minimum absolute atomic E-state index is 0.0839. The van der Waals surface area contributed by atoms with Crippen LogP contribution in [0.2, 0.25) is 0 Å². The maximum Gasteiger partial charge on any atom is 0.341 e. The fourth-order valence-corrected chi connectivity index (χ4v) is 4.56. The van der Waals surface area contributed by atoms with Gasteiger partial charge < -0.3 is 10.1 Å². The number of carbonyl (C=O) groups is 2. The number of nitro groups is 1. The van der Waals surface area contributed by atoms with E-state index in [4.69, 9.17) is 4.74 Å². The lowest BCUT2D eigenvalue weighted by atomic mass is 9.88. The van der Waals surface area contributed by atoms with Crippen molar-refractivity contribution in [2.45, 2.75) is 33.1 Å². The number of hydrogen-bond acceptors (Lipinski definition) is 6. The number of nitro benzene ring substituents is 1. The van der Waals surface area contributed by atoms with Crippen LogP contribution >= 0.6 is 11.3 Å². The Bertz CT molecular complexity index is 888. The number of rotatable bonds is 5. The molecule has 0 radical (unpaired) electrons. The fraction of sp³-hybridized carbons (Fsp3) is 0.368. The summed E-state index contributed by atoms with van der Waals surface area (Å²) in [6.07, 6.45) is 2.65. The Kier molecular flexibility index (Phi) is 5.55. The average Bonchev–Trinajstić information content (AvgIpc) is 2.98. The Morgan fingerprint density at radius 3 is 2.67 bits per heavy atom. The van der Waals surface area contributed by atoms with Gasteiger partial charge in [0.05, 0.1) is 17.1 Å². The van der Waals surface area contributed by atoms with Gasteiger partial charge in [0.1, 0.15) is 5.00 Å². The van der Waals surface area contributed by atoms with Crippen molar-refractivity contribution in [1.82, 2.24) is 0 Å². The minimum atomic E-state index is -0.519. The Labute approximate surface area is 160 Å². The molecule has 27 heavy (non-hydrogen) atoms. The van der Waals surface area contributed by atoms with Crippen LogP contribution in [0.4, 0.5) is 10.7 Å². The van der Waals surface area contributed by atoms with Gasteiger partial charge in [0.15, 0.2) is 0 Å². The third-order valence-corrected chi connectivity index (χ3v) is 5.73. The second-order valence-corrected chi connectivity index (χ2v) is 7.64. The van der Waals surface area contributed by atoms with Gasteiger partial charge >= 0.3 is 5.97 Å². The van der Waals surface area contributed by atoms with E-state index in [-0.39, 0.29) is 17.9 Å². The molecule has 2 aromatic rings. The van der Waals surface area contributed by atoms with E-state index in [1.54, 1.807) is 6.92 Å². The van der Waals surface area contributed by atoms with Crippen LogP contribution in [0.15, 0.2) is 24.3 Å². The van der Waals surface area contributed by atoms with Gasteiger partial charge in [-0.2, -0.15) is 0 Å². The summed E-state index contributed by atoms with van der Waals surface area (Å²) in [5.41, 5.74) is 1.61. The maximum absolute atomic E-state index is 12.6. The molecule has 0 bridgehead atoms. The molecule has 7 nitrogen and oxygen atoms in total. The maximum atomic E-state index is 12.6. The van der Waals surface area contributed by atoms with Gasteiger partial charge in [-0.1, -0.05) is 6.92 Å². The molecule has 8 heteroatoms. The van der Waals surface area contributed by atoms with Crippen molar-refractivity contribution in [3.63, 3.8) is 0 Å². The Morgan fingerprint density at radius 1 is 1.33 bits per heavy atom. The summed E-state index contributed by atoms with van der Waals surface area (Å²) in [6, 6.07) is 5.35. The summed E-state index contributed by atoms with van der Waals surface area (Å²) >= 11 is 1.41. The lowest BCUT2D eigenvalue weighted by Gasteiger charge is -2.18. The van der Waals surface area contributed by atoms with Crippen molar-refractivity contribution in [3.05, 3.63) is 55.9 Å².